The van der Waals surface area contributed by atoms with Crippen LogP contribution in [0.3, 0.4) is 0 Å². The van der Waals surface area contributed by atoms with Crippen molar-refractivity contribution >= 4 is 39.9 Å². The zero-order valence-corrected chi connectivity index (χ0v) is 14.5. The SMILES string of the molecule is Cc1nc(-c2ccsc2)sc1C(=O)N1CCc2sccc2C1. The number of aryl methyl sites for hydroxylation is 1. The van der Waals surface area contributed by atoms with Crippen molar-refractivity contribution in [2.75, 3.05) is 6.54 Å². The highest BCUT2D eigenvalue weighted by molar-refractivity contribution is 7.17. The number of nitrogens with zero attached hydrogens (tertiary/aromatic N) is 2. The number of thiazole rings is 1. The Morgan fingerprint density at radius 3 is 3.05 bits per heavy atom. The number of amides is 1. The van der Waals surface area contributed by atoms with Crippen molar-refractivity contribution in [3.63, 3.8) is 0 Å². The maximum absolute atomic E-state index is 12.8. The van der Waals surface area contributed by atoms with E-state index in [0.29, 0.717) is 0 Å². The Morgan fingerprint density at radius 2 is 2.23 bits per heavy atom. The number of aromatic nitrogens is 1. The highest BCUT2D eigenvalue weighted by Gasteiger charge is 2.25. The molecule has 0 saturated carbocycles. The minimum atomic E-state index is 0.119. The van der Waals surface area contributed by atoms with Gasteiger partial charge in [-0.3, -0.25) is 4.79 Å². The molecule has 1 aliphatic rings. The second-order valence-corrected chi connectivity index (χ2v) is 8.07. The molecular weight excluding hydrogens is 332 g/mol. The summed E-state index contributed by atoms with van der Waals surface area (Å²) >= 11 is 4.95. The Kier molecular flexibility index (Phi) is 3.60. The Labute approximate surface area is 140 Å². The predicted molar refractivity (Wildman–Crippen MR) is 92.9 cm³/mol. The summed E-state index contributed by atoms with van der Waals surface area (Å²) in [5, 5.41) is 7.17. The molecule has 4 heterocycles. The van der Waals surface area contributed by atoms with Crippen LogP contribution < -0.4 is 0 Å². The third-order valence-electron chi connectivity index (χ3n) is 3.85. The van der Waals surface area contributed by atoms with E-state index in [1.54, 1.807) is 22.7 Å². The average molecular weight is 347 g/mol. The lowest BCUT2D eigenvalue weighted by molar-refractivity contribution is 0.0740. The minimum absolute atomic E-state index is 0.119. The first-order valence-corrected chi connectivity index (χ1v) is 9.71. The zero-order chi connectivity index (χ0) is 15.1. The molecule has 0 saturated heterocycles. The van der Waals surface area contributed by atoms with Crippen LogP contribution in [0.1, 0.15) is 25.8 Å². The highest BCUT2D eigenvalue weighted by Crippen LogP contribution is 2.31. The molecule has 112 valence electrons. The minimum Gasteiger partial charge on any atom is -0.333 e. The largest absolute Gasteiger partial charge is 0.333 e. The fraction of sp³-hybridized carbons (Fsp3) is 0.250. The molecule has 3 aromatic rings. The molecule has 1 aliphatic heterocycles. The summed E-state index contributed by atoms with van der Waals surface area (Å²) in [6, 6.07) is 4.19. The van der Waals surface area contributed by atoms with Gasteiger partial charge in [-0.2, -0.15) is 11.3 Å². The van der Waals surface area contributed by atoms with E-state index in [2.05, 4.69) is 27.9 Å². The maximum Gasteiger partial charge on any atom is 0.266 e. The van der Waals surface area contributed by atoms with Gasteiger partial charge in [0, 0.05) is 28.9 Å². The van der Waals surface area contributed by atoms with Crippen molar-refractivity contribution in [1.29, 1.82) is 0 Å². The first-order valence-electron chi connectivity index (χ1n) is 7.07. The quantitative estimate of drug-likeness (QED) is 0.687. The molecule has 0 unspecified atom stereocenters. The van der Waals surface area contributed by atoms with Crippen LogP contribution >= 0.6 is 34.0 Å². The number of carbonyl (C=O) groups is 1. The molecule has 0 fully saturated rings. The highest BCUT2D eigenvalue weighted by atomic mass is 32.1. The number of fused-ring (bicyclic) bond motifs is 1. The maximum atomic E-state index is 12.8. The lowest BCUT2D eigenvalue weighted by Crippen LogP contribution is -2.35. The fourth-order valence-electron chi connectivity index (χ4n) is 2.67. The summed E-state index contributed by atoms with van der Waals surface area (Å²) in [5.74, 6) is 0.119. The van der Waals surface area contributed by atoms with E-state index >= 15 is 0 Å². The van der Waals surface area contributed by atoms with Crippen LogP contribution in [0.5, 0.6) is 0 Å². The summed E-state index contributed by atoms with van der Waals surface area (Å²) in [6.45, 7) is 3.46. The molecule has 0 bridgehead atoms. The van der Waals surface area contributed by atoms with Crippen LogP contribution in [0.2, 0.25) is 0 Å². The number of hydrogen-bond acceptors (Lipinski definition) is 5. The molecule has 0 spiro atoms. The number of hydrogen-bond donors (Lipinski definition) is 0. The van der Waals surface area contributed by atoms with Gasteiger partial charge in [0.2, 0.25) is 0 Å². The molecule has 3 nitrogen and oxygen atoms in total. The Balaban J connectivity index is 1.61. The van der Waals surface area contributed by atoms with Gasteiger partial charge in [-0.15, -0.1) is 22.7 Å². The smallest absolute Gasteiger partial charge is 0.266 e. The zero-order valence-electron chi connectivity index (χ0n) is 12.0. The molecule has 6 heteroatoms. The number of carbonyl (C=O) groups excluding carboxylic acids is 1. The fourth-order valence-corrected chi connectivity index (χ4v) is 5.31. The molecule has 0 radical (unpaired) electrons. The van der Waals surface area contributed by atoms with E-state index in [-0.39, 0.29) is 5.91 Å². The molecule has 0 N–H and O–H groups in total. The van der Waals surface area contributed by atoms with E-state index in [1.165, 1.54) is 21.8 Å². The lowest BCUT2D eigenvalue weighted by Gasteiger charge is -2.26. The van der Waals surface area contributed by atoms with Gasteiger partial charge in [0.25, 0.3) is 5.91 Å². The Hall–Kier alpha value is -1.50. The van der Waals surface area contributed by atoms with Crippen molar-refractivity contribution in [2.45, 2.75) is 19.9 Å². The first-order chi connectivity index (χ1) is 10.7. The monoisotopic (exact) mass is 346 g/mol. The Bertz CT molecular complexity index is 816. The van der Waals surface area contributed by atoms with Crippen molar-refractivity contribution < 1.29 is 4.79 Å². The van der Waals surface area contributed by atoms with E-state index in [0.717, 1.165) is 40.7 Å². The summed E-state index contributed by atoms with van der Waals surface area (Å²) in [7, 11) is 0. The van der Waals surface area contributed by atoms with Crippen molar-refractivity contribution in [1.82, 2.24) is 9.88 Å². The topological polar surface area (TPSA) is 33.2 Å². The van der Waals surface area contributed by atoms with Crippen LogP contribution in [0.25, 0.3) is 10.6 Å². The summed E-state index contributed by atoms with van der Waals surface area (Å²) in [5.41, 5.74) is 3.24. The van der Waals surface area contributed by atoms with Crippen LogP contribution in [0.4, 0.5) is 0 Å². The average Bonchev–Trinajstić information content (AvgIpc) is 3.25. The van der Waals surface area contributed by atoms with Gasteiger partial charge in [-0.25, -0.2) is 4.98 Å². The van der Waals surface area contributed by atoms with Crippen molar-refractivity contribution in [3.8, 4) is 10.6 Å². The predicted octanol–water partition coefficient (Wildman–Crippen LogP) is 4.44. The standard InChI is InChI=1S/C16H14N2OS3/c1-10-14(22-15(17-10)12-3-6-20-9-12)16(19)18-5-2-13-11(8-18)4-7-21-13/h3-4,6-7,9H,2,5,8H2,1H3. The van der Waals surface area contributed by atoms with E-state index < -0.39 is 0 Å². The van der Waals surface area contributed by atoms with Gasteiger partial charge in [-0.05, 0) is 41.8 Å². The molecule has 0 aromatic carbocycles. The van der Waals surface area contributed by atoms with E-state index in [1.807, 2.05) is 17.2 Å². The molecule has 22 heavy (non-hydrogen) atoms. The van der Waals surface area contributed by atoms with Crippen molar-refractivity contribution in [3.05, 3.63) is 49.3 Å². The lowest BCUT2D eigenvalue weighted by atomic mass is 10.1. The van der Waals surface area contributed by atoms with Crippen LogP contribution in [-0.2, 0) is 13.0 Å². The Morgan fingerprint density at radius 1 is 1.32 bits per heavy atom. The molecule has 0 atom stereocenters. The summed E-state index contributed by atoms with van der Waals surface area (Å²) in [4.78, 5) is 21.6. The van der Waals surface area contributed by atoms with Gasteiger partial charge < -0.3 is 4.90 Å². The third kappa shape index (κ3) is 2.41. The van der Waals surface area contributed by atoms with E-state index in [4.69, 9.17) is 0 Å². The second kappa shape index (κ2) is 5.61. The summed E-state index contributed by atoms with van der Waals surface area (Å²) in [6.07, 6.45) is 0.966. The van der Waals surface area contributed by atoms with Crippen LogP contribution in [0, 0.1) is 6.92 Å². The van der Waals surface area contributed by atoms with Crippen molar-refractivity contribution in [2.24, 2.45) is 0 Å². The summed E-state index contributed by atoms with van der Waals surface area (Å²) < 4.78 is 0. The number of rotatable bonds is 2. The molecule has 4 rings (SSSR count). The second-order valence-electron chi connectivity index (χ2n) is 5.29. The van der Waals surface area contributed by atoms with Gasteiger partial charge in [0.15, 0.2) is 0 Å². The van der Waals surface area contributed by atoms with Crippen LogP contribution in [0.15, 0.2) is 28.3 Å². The molecule has 3 aromatic heterocycles. The third-order valence-corrected chi connectivity index (χ3v) is 6.75. The normalized spacial score (nSPS) is 14.1. The van der Waals surface area contributed by atoms with Gasteiger partial charge in [0.1, 0.15) is 9.88 Å². The molecule has 1 amide bonds. The first kappa shape index (κ1) is 14.1. The van der Waals surface area contributed by atoms with Gasteiger partial charge >= 0.3 is 0 Å². The molecular formula is C16H14N2OS3. The van der Waals surface area contributed by atoms with Gasteiger partial charge in [0.05, 0.1) is 5.69 Å². The molecule has 0 aliphatic carbocycles. The van der Waals surface area contributed by atoms with Crippen LogP contribution in [-0.4, -0.2) is 22.3 Å². The number of thiophene rings is 2. The van der Waals surface area contributed by atoms with Gasteiger partial charge in [-0.1, -0.05) is 0 Å². The van der Waals surface area contributed by atoms with E-state index in [9.17, 15) is 4.79 Å².